The van der Waals surface area contributed by atoms with Gasteiger partial charge in [0.15, 0.2) is 5.65 Å². The Bertz CT molecular complexity index is 964. The summed E-state index contributed by atoms with van der Waals surface area (Å²) in [6, 6.07) is 9.91. The quantitative estimate of drug-likeness (QED) is 0.721. The van der Waals surface area contributed by atoms with E-state index in [1.54, 1.807) is 24.4 Å². The monoisotopic (exact) mass is 386 g/mol. The van der Waals surface area contributed by atoms with E-state index in [1.165, 1.54) is 10.6 Å². The highest BCUT2D eigenvalue weighted by Crippen LogP contribution is 2.23. The Balaban J connectivity index is 1.60. The highest BCUT2D eigenvalue weighted by atomic mass is 19.1. The van der Waals surface area contributed by atoms with Gasteiger partial charge in [-0.15, -0.1) is 5.10 Å². The Morgan fingerprint density at radius 3 is 2.61 bits per heavy atom. The number of imidazole rings is 1. The summed E-state index contributed by atoms with van der Waals surface area (Å²) >= 11 is 0. The van der Waals surface area contributed by atoms with Gasteiger partial charge in [0, 0.05) is 5.56 Å². The molecule has 0 saturated heterocycles. The van der Waals surface area contributed by atoms with E-state index in [0.29, 0.717) is 23.7 Å². The highest BCUT2D eigenvalue weighted by molar-refractivity contribution is 5.68. The molecule has 0 unspecified atom stereocenters. The summed E-state index contributed by atoms with van der Waals surface area (Å²) in [6.07, 6.45) is 1.16. The number of rotatable bonds is 5. The first kappa shape index (κ1) is 19.6. The SMILES string of the molecule is C[C@H](COc1ccc(-c2cnc3ccc(F)nn23)cc1)NC(=O)OC(C)(C)C. The Kier molecular flexibility index (Phi) is 5.48. The van der Waals surface area contributed by atoms with E-state index in [-0.39, 0.29) is 6.04 Å². The highest BCUT2D eigenvalue weighted by Gasteiger charge is 2.18. The standard InChI is InChI=1S/C20H23FN4O3/c1-13(23-19(26)28-20(2,3)4)12-27-15-7-5-14(6-8-15)16-11-22-18-10-9-17(21)24-25(16)18/h5-11,13H,12H2,1-4H3,(H,23,26)/t13-/m1/s1. The Labute approximate surface area is 162 Å². The molecule has 0 bridgehead atoms. The Morgan fingerprint density at radius 2 is 1.93 bits per heavy atom. The van der Waals surface area contributed by atoms with E-state index < -0.39 is 17.6 Å². The van der Waals surface area contributed by atoms with E-state index in [1.807, 2.05) is 39.8 Å². The van der Waals surface area contributed by atoms with Crippen molar-refractivity contribution < 1.29 is 18.7 Å². The molecule has 8 heteroatoms. The zero-order chi connectivity index (χ0) is 20.3. The topological polar surface area (TPSA) is 77.8 Å². The molecule has 7 nitrogen and oxygen atoms in total. The van der Waals surface area contributed by atoms with Crippen molar-refractivity contribution in [3.05, 3.63) is 48.5 Å². The van der Waals surface area contributed by atoms with Crippen LogP contribution in [-0.4, -0.2) is 38.9 Å². The predicted octanol–water partition coefficient (Wildman–Crippen LogP) is 3.83. The molecule has 1 aromatic carbocycles. The second-order valence-electron chi connectivity index (χ2n) is 7.45. The van der Waals surface area contributed by atoms with Crippen molar-refractivity contribution in [2.75, 3.05) is 6.61 Å². The second kappa shape index (κ2) is 7.84. The molecule has 1 atom stereocenters. The number of amides is 1. The first-order valence-corrected chi connectivity index (χ1v) is 8.94. The lowest BCUT2D eigenvalue weighted by atomic mass is 10.1. The molecule has 0 aliphatic carbocycles. The van der Waals surface area contributed by atoms with Crippen LogP contribution in [-0.2, 0) is 4.74 Å². The van der Waals surface area contributed by atoms with Crippen LogP contribution in [0.4, 0.5) is 9.18 Å². The fraction of sp³-hybridized carbons (Fsp3) is 0.350. The normalized spacial score (nSPS) is 12.6. The smallest absolute Gasteiger partial charge is 0.407 e. The van der Waals surface area contributed by atoms with Crippen LogP contribution in [0.15, 0.2) is 42.6 Å². The minimum absolute atomic E-state index is 0.222. The molecule has 0 saturated carbocycles. The van der Waals surface area contributed by atoms with Crippen LogP contribution in [0.25, 0.3) is 16.9 Å². The number of hydrogen-bond acceptors (Lipinski definition) is 5. The van der Waals surface area contributed by atoms with Gasteiger partial charge in [-0.05, 0) is 64.1 Å². The molecule has 2 aromatic heterocycles. The van der Waals surface area contributed by atoms with Crippen molar-refractivity contribution in [2.24, 2.45) is 0 Å². The maximum absolute atomic E-state index is 13.4. The predicted molar refractivity (Wildman–Crippen MR) is 103 cm³/mol. The molecular formula is C20H23FN4O3. The first-order chi connectivity index (χ1) is 13.2. The maximum atomic E-state index is 13.4. The van der Waals surface area contributed by atoms with Gasteiger partial charge < -0.3 is 14.8 Å². The molecular weight excluding hydrogens is 363 g/mol. The molecule has 0 spiro atoms. The van der Waals surface area contributed by atoms with Crippen molar-refractivity contribution in [3.63, 3.8) is 0 Å². The third-order valence-electron chi connectivity index (χ3n) is 3.74. The molecule has 1 amide bonds. The molecule has 0 fully saturated rings. The third kappa shape index (κ3) is 4.97. The molecule has 3 rings (SSSR count). The van der Waals surface area contributed by atoms with E-state index in [0.717, 1.165) is 5.56 Å². The van der Waals surface area contributed by atoms with Gasteiger partial charge in [-0.1, -0.05) is 0 Å². The molecule has 2 heterocycles. The number of carbonyl (C=O) groups excluding carboxylic acids is 1. The zero-order valence-corrected chi connectivity index (χ0v) is 16.3. The van der Waals surface area contributed by atoms with Gasteiger partial charge in [0.05, 0.1) is 17.9 Å². The van der Waals surface area contributed by atoms with E-state index in [2.05, 4.69) is 15.4 Å². The number of nitrogens with zero attached hydrogens (tertiary/aromatic N) is 3. The van der Waals surface area contributed by atoms with Gasteiger partial charge in [0.2, 0.25) is 5.95 Å². The summed E-state index contributed by atoms with van der Waals surface area (Å²) in [4.78, 5) is 16.0. The lowest BCUT2D eigenvalue weighted by molar-refractivity contribution is 0.0494. The van der Waals surface area contributed by atoms with Gasteiger partial charge in [-0.3, -0.25) is 0 Å². The fourth-order valence-electron chi connectivity index (χ4n) is 2.54. The van der Waals surface area contributed by atoms with E-state index >= 15 is 0 Å². The molecule has 0 aliphatic rings. The van der Waals surface area contributed by atoms with Crippen LogP contribution >= 0.6 is 0 Å². The van der Waals surface area contributed by atoms with Crippen LogP contribution in [0.3, 0.4) is 0 Å². The lowest BCUT2D eigenvalue weighted by Crippen LogP contribution is -2.40. The minimum atomic E-state index is -0.571. The van der Waals surface area contributed by atoms with Crippen molar-refractivity contribution >= 4 is 11.7 Å². The molecule has 28 heavy (non-hydrogen) atoms. The van der Waals surface area contributed by atoms with Crippen LogP contribution in [0, 0.1) is 5.95 Å². The van der Waals surface area contributed by atoms with Gasteiger partial charge >= 0.3 is 6.09 Å². The Morgan fingerprint density at radius 1 is 1.21 bits per heavy atom. The zero-order valence-electron chi connectivity index (χ0n) is 16.3. The average Bonchev–Trinajstić information content (AvgIpc) is 3.01. The fourth-order valence-corrected chi connectivity index (χ4v) is 2.54. The molecule has 0 radical (unpaired) electrons. The largest absolute Gasteiger partial charge is 0.491 e. The van der Waals surface area contributed by atoms with E-state index in [4.69, 9.17) is 9.47 Å². The molecule has 1 N–H and O–H groups in total. The number of halogens is 1. The minimum Gasteiger partial charge on any atom is -0.491 e. The van der Waals surface area contributed by atoms with Crippen molar-refractivity contribution in [3.8, 4) is 17.0 Å². The summed E-state index contributed by atoms with van der Waals surface area (Å²) in [7, 11) is 0. The van der Waals surface area contributed by atoms with Crippen LogP contribution in [0.5, 0.6) is 5.75 Å². The van der Waals surface area contributed by atoms with Crippen LogP contribution in [0.1, 0.15) is 27.7 Å². The molecule has 3 aromatic rings. The van der Waals surface area contributed by atoms with Crippen molar-refractivity contribution in [1.82, 2.24) is 19.9 Å². The second-order valence-corrected chi connectivity index (χ2v) is 7.45. The number of ether oxygens (including phenoxy) is 2. The van der Waals surface area contributed by atoms with E-state index in [9.17, 15) is 9.18 Å². The van der Waals surface area contributed by atoms with Gasteiger partial charge in [0.1, 0.15) is 18.0 Å². The number of nitrogens with one attached hydrogen (secondary N) is 1. The number of carbonyl (C=O) groups is 1. The number of benzene rings is 1. The number of hydrogen-bond donors (Lipinski definition) is 1. The summed E-state index contributed by atoms with van der Waals surface area (Å²) in [6.45, 7) is 7.55. The summed E-state index contributed by atoms with van der Waals surface area (Å²) in [5.41, 5.74) is 1.54. The average molecular weight is 386 g/mol. The number of fused-ring (bicyclic) bond motifs is 1. The summed E-state index contributed by atoms with van der Waals surface area (Å²) < 4.78 is 25.8. The number of aromatic nitrogens is 3. The molecule has 0 aliphatic heterocycles. The number of alkyl carbamates (subject to hydrolysis) is 1. The first-order valence-electron chi connectivity index (χ1n) is 8.94. The van der Waals surface area contributed by atoms with Gasteiger partial charge in [-0.2, -0.15) is 4.39 Å². The maximum Gasteiger partial charge on any atom is 0.407 e. The summed E-state index contributed by atoms with van der Waals surface area (Å²) in [5, 5.41) is 6.58. The van der Waals surface area contributed by atoms with Crippen LogP contribution in [0.2, 0.25) is 0 Å². The lowest BCUT2D eigenvalue weighted by Gasteiger charge is -2.22. The van der Waals surface area contributed by atoms with Crippen molar-refractivity contribution in [1.29, 1.82) is 0 Å². The van der Waals surface area contributed by atoms with Gasteiger partial charge in [0.25, 0.3) is 0 Å². The van der Waals surface area contributed by atoms with Gasteiger partial charge in [-0.25, -0.2) is 14.3 Å². The van der Waals surface area contributed by atoms with Crippen molar-refractivity contribution in [2.45, 2.75) is 39.3 Å². The van der Waals surface area contributed by atoms with Crippen LogP contribution < -0.4 is 10.1 Å². The Hall–Kier alpha value is -3.16. The summed E-state index contributed by atoms with van der Waals surface area (Å²) in [5.74, 6) is 0.0766. The molecule has 148 valence electrons. The third-order valence-corrected chi connectivity index (χ3v) is 3.74.